The molecule has 0 bridgehead atoms. The maximum atomic E-state index is 11.3. The second-order valence-electron chi connectivity index (χ2n) is 3.74. The van der Waals surface area contributed by atoms with Crippen LogP contribution >= 0.6 is 15.9 Å². The summed E-state index contributed by atoms with van der Waals surface area (Å²) in [6.45, 7) is 0. The van der Waals surface area contributed by atoms with Gasteiger partial charge in [0.2, 0.25) is 5.91 Å². The monoisotopic (exact) mass is 263 g/mol. The summed E-state index contributed by atoms with van der Waals surface area (Å²) >= 11 is 3.34. The Morgan fingerprint density at radius 2 is 2.21 bits per heavy atom. The average Bonchev–Trinajstić information content (AvgIpc) is 2.11. The van der Waals surface area contributed by atoms with E-state index in [0.29, 0.717) is 18.6 Å². The van der Waals surface area contributed by atoms with Gasteiger partial charge in [-0.15, -0.1) is 0 Å². The fourth-order valence-corrected chi connectivity index (χ4v) is 1.95. The average molecular weight is 264 g/mol. The lowest BCUT2D eigenvalue weighted by Gasteiger charge is -2.34. The number of ether oxygens (including phenoxy) is 1. The van der Waals surface area contributed by atoms with Crippen LogP contribution in [0, 0.1) is 0 Å². The minimum Gasteiger partial charge on any atom is -0.381 e. The SMILES string of the molecule is COC1CC(NC(=O)CCCCBr)C1. The Balaban J connectivity index is 1.99. The van der Waals surface area contributed by atoms with Crippen molar-refractivity contribution in [1.29, 1.82) is 0 Å². The molecule has 1 N–H and O–H groups in total. The van der Waals surface area contributed by atoms with Crippen LogP contribution in [0.3, 0.4) is 0 Å². The molecule has 0 spiro atoms. The molecule has 0 saturated heterocycles. The number of rotatable bonds is 6. The molecule has 0 aliphatic heterocycles. The van der Waals surface area contributed by atoms with E-state index in [-0.39, 0.29) is 5.91 Å². The second-order valence-corrected chi connectivity index (χ2v) is 4.53. The number of unbranched alkanes of at least 4 members (excludes halogenated alkanes) is 1. The molecule has 1 fully saturated rings. The number of halogens is 1. The molecule has 1 amide bonds. The number of nitrogens with one attached hydrogen (secondary N) is 1. The highest BCUT2D eigenvalue weighted by atomic mass is 79.9. The van der Waals surface area contributed by atoms with Crippen molar-refractivity contribution in [3.63, 3.8) is 0 Å². The van der Waals surface area contributed by atoms with Crippen LogP contribution in [0.4, 0.5) is 0 Å². The lowest BCUT2D eigenvalue weighted by atomic mass is 9.89. The standard InChI is InChI=1S/C10H18BrNO2/c1-14-9-6-8(7-9)12-10(13)4-2-3-5-11/h8-9H,2-7H2,1H3,(H,12,13). The fraction of sp³-hybridized carbons (Fsp3) is 0.900. The fourth-order valence-electron chi connectivity index (χ4n) is 1.56. The van der Waals surface area contributed by atoms with Crippen molar-refractivity contribution in [2.24, 2.45) is 0 Å². The predicted octanol–water partition coefficient (Wildman–Crippen LogP) is 1.85. The number of hydrogen-bond donors (Lipinski definition) is 1. The van der Waals surface area contributed by atoms with E-state index in [2.05, 4.69) is 21.2 Å². The van der Waals surface area contributed by atoms with E-state index < -0.39 is 0 Å². The summed E-state index contributed by atoms with van der Waals surface area (Å²) < 4.78 is 5.14. The summed E-state index contributed by atoms with van der Waals surface area (Å²) in [5.41, 5.74) is 0. The largest absolute Gasteiger partial charge is 0.381 e. The number of methoxy groups -OCH3 is 1. The van der Waals surface area contributed by atoms with Gasteiger partial charge in [-0.25, -0.2) is 0 Å². The summed E-state index contributed by atoms with van der Waals surface area (Å²) in [4.78, 5) is 11.3. The van der Waals surface area contributed by atoms with Crippen molar-refractivity contribution in [3.05, 3.63) is 0 Å². The van der Waals surface area contributed by atoms with Gasteiger partial charge in [-0.1, -0.05) is 15.9 Å². The molecule has 0 atom stereocenters. The van der Waals surface area contributed by atoms with Crippen molar-refractivity contribution in [2.45, 2.75) is 44.2 Å². The number of amides is 1. The van der Waals surface area contributed by atoms with E-state index >= 15 is 0 Å². The van der Waals surface area contributed by atoms with Crippen LogP contribution in [0.15, 0.2) is 0 Å². The molecule has 1 aliphatic carbocycles. The number of alkyl halides is 1. The van der Waals surface area contributed by atoms with Gasteiger partial charge in [0.25, 0.3) is 0 Å². The van der Waals surface area contributed by atoms with Crippen LogP contribution in [0.5, 0.6) is 0 Å². The van der Waals surface area contributed by atoms with Gasteiger partial charge in [0.1, 0.15) is 0 Å². The first kappa shape index (κ1) is 12.0. The molecule has 0 aromatic carbocycles. The van der Waals surface area contributed by atoms with Gasteiger partial charge < -0.3 is 10.1 Å². The highest BCUT2D eigenvalue weighted by molar-refractivity contribution is 9.09. The number of hydrogen-bond acceptors (Lipinski definition) is 2. The highest BCUT2D eigenvalue weighted by Crippen LogP contribution is 2.22. The maximum absolute atomic E-state index is 11.3. The van der Waals surface area contributed by atoms with Crippen LogP contribution < -0.4 is 5.32 Å². The molecule has 1 saturated carbocycles. The third-order valence-corrected chi connectivity index (χ3v) is 3.14. The summed E-state index contributed by atoms with van der Waals surface area (Å²) in [6.07, 6.45) is 5.00. The predicted molar refractivity (Wildman–Crippen MR) is 59.6 cm³/mol. The smallest absolute Gasteiger partial charge is 0.220 e. The first-order valence-electron chi connectivity index (χ1n) is 5.14. The number of carbonyl (C=O) groups excluding carboxylic acids is 1. The Bertz CT molecular complexity index is 181. The zero-order chi connectivity index (χ0) is 10.4. The molecule has 4 heteroatoms. The van der Waals surface area contributed by atoms with Gasteiger partial charge in [0.15, 0.2) is 0 Å². The summed E-state index contributed by atoms with van der Waals surface area (Å²) in [7, 11) is 1.72. The lowest BCUT2D eigenvalue weighted by molar-refractivity contribution is -0.123. The van der Waals surface area contributed by atoms with Crippen LogP contribution in [0.25, 0.3) is 0 Å². The molecule has 0 unspecified atom stereocenters. The van der Waals surface area contributed by atoms with E-state index in [1.807, 2.05) is 0 Å². The van der Waals surface area contributed by atoms with Crippen molar-refractivity contribution in [1.82, 2.24) is 5.32 Å². The molecule has 3 nitrogen and oxygen atoms in total. The molecule has 14 heavy (non-hydrogen) atoms. The highest BCUT2D eigenvalue weighted by Gasteiger charge is 2.29. The third-order valence-electron chi connectivity index (χ3n) is 2.58. The second kappa shape index (κ2) is 6.40. The van der Waals surface area contributed by atoms with Gasteiger partial charge in [-0.3, -0.25) is 4.79 Å². The van der Waals surface area contributed by atoms with Gasteiger partial charge >= 0.3 is 0 Å². The van der Waals surface area contributed by atoms with Gasteiger partial charge in [0, 0.05) is 24.9 Å². The van der Waals surface area contributed by atoms with Crippen molar-refractivity contribution in [2.75, 3.05) is 12.4 Å². The first-order chi connectivity index (χ1) is 6.76. The van der Waals surface area contributed by atoms with Gasteiger partial charge in [-0.2, -0.15) is 0 Å². The van der Waals surface area contributed by atoms with E-state index in [1.54, 1.807) is 7.11 Å². The molecule has 1 rings (SSSR count). The first-order valence-corrected chi connectivity index (χ1v) is 6.26. The molecule has 0 aromatic heterocycles. The van der Waals surface area contributed by atoms with E-state index in [0.717, 1.165) is 31.0 Å². The topological polar surface area (TPSA) is 38.3 Å². The van der Waals surface area contributed by atoms with Crippen molar-refractivity contribution in [3.8, 4) is 0 Å². The Hall–Kier alpha value is -0.0900. The number of carbonyl (C=O) groups is 1. The van der Waals surface area contributed by atoms with Crippen molar-refractivity contribution >= 4 is 21.8 Å². The van der Waals surface area contributed by atoms with Crippen molar-refractivity contribution < 1.29 is 9.53 Å². The van der Waals surface area contributed by atoms with E-state index in [4.69, 9.17) is 4.74 Å². The van der Waals surface area contributed by atoms with Gasteiger partial charge in [0.05, 0.1) is 6.10 Å². The summed E-state index contributed by atoms with van der Waals surface area (Å²) in [5, 5.41) is 3.99. The van der Waals surface area contributed by atoms with Gasteiger partial charge in [-0.05, 0) is 25.7 Å². The Kier molecular flexibility index (Phi) is 5.48. The zero-order valence-electron chi connectivity index (χ0n) is 8.59. The molecule has 0 aromatic rings. The zero-order valence-corrected chi connectivity index (χ0v) is 10.2. The van der Waals surface area contributed by atoms with Crippen LogP contribution in [-0.4, -0.2) is 30.5 Å². The Labute approximate surface area is 93.7 Å². The normalized spacial score (nSPS) is 25.6. The molecule has 0 heterocycles. The molecular weight excluding hydrogens is 246 g/mol. The molecule has 1 aliphatic rings. The minimum atomic E-state index is 0.186. The lowest BCUT2D eigenvalue weighted by Crippen LogP contribution is -2.47. The Morgan fingerprint density at radius 3 is 2.79 bits per heavy atom. The Morgan fingerprint density at radius 1 is 1.50 bits per heavy atom. The maximum Gasteiger partial charge on any atom is 0.220 e. The van der Waals surface area contributed by atoms with Crippen LogP contribution in [0.2, 0.25) is 0 Å². The summed E-state index contributed by atoms with van der Waals surface area (Å²) in [6, 6.07) is 0.358. The van der Waals surface area contributed by atoms with Crippen LogP contribution in [-0.2, 0) is 9.53 Å². The molecular formula is C10H18BrNO2. The van der Waals surface area contributed by atoms with E-state index in [9.17, 15) is 4.79 Å². The molecule has 82 valence electrons. The third kappa shape index (κ3) is 3.96. The molecule has 0 radical (unpaired) electrons. The van der Waals surface area contributed by atoms with Crippen LogP contribution in [0.1, 0.15) is 32.1 Å². The minimum absolute atomic E-state index is 0.186. The summed E-state index contributed by atoms with van der Waals surface area (Å²) in [5.74, 6) is 0.186. The van der Waals surface area contributed by atoms with E-state index in [1.165, 1.54) is 0 Å². The quantitative estimate of drug-likeness (QED) is 0.587.